The molecule has 0 unspecified atom stereocenters. The molecule has 0 saturated heterocycles. The second-order valence-electron chi connectivity index (χ2n) is 7.53. The van der Waals surface area contributed by atoms with E-state index in [4.69, 9.17) is 27.6 Å². The number of fused-ring (bicyclic) bond motifs is 1. The molecule has 0 radical (unpaired) electrons. The molecule has 0 saturated carbocycles. The summed E-state index contributed by atoms with van der Waals surface area (Å²) in [6, 6.07) is 20.1. The maximum atomic E-state index is 13.4. The maximum absolute atomic E-state index is 13.4. The molecule has 166 valence electrons. The highest BCUT2D eigenvalue weighted by Gasteiger charge is 2.20. The first kappa shape index (κ1) is 22.2. The van der Waals surface area contributed by atoms with Gasteiger partial charge in [-0.3, -0.25) is 4.79 Å². The number of hydrogen-bond acceptors (Lipinski definition) is 5. The van der Waals surface area contributed by atoms with Crippen LogP contribution in [0.4, 0.5) is 5.00 Å². The molecule has 1 N–H and O–H groups in total. The summed E-state index contributed by atoms with van der Waals surface area (Å²) in [6.07, 6.45) is 0. The van der Waals surface area contributed by atoms with Crippen molar-refractivity contribution in [3.63, 3.8) is 0 Å². The average molecular weight is 504 g/mol. The summed E-state index contributed by atoms with van der Waals surface area (Å²) >= 11 is 13.6. The Labute approximate surface area is 209 Å². The fourth-order valence-corrected chi connectivity index (χ4v) is 5.12. The summed E-state index contributed by atoms with van der Waals surface area (Å²) in [6.45, 7) is 1.85. The molecule has 0 fully saturated rings. The van der Waals surface area contributed by atoms with Gasteiger partial charge >= 0.3 is 0 Å². The number of anilines is 1. The fraction of sp³-hybridized carbons (Fsp3) is 0.0385. The number of furan rings is 1. The minimum atomic E-state index is -0.352. The second-order valence-corrected chi connectivity index (χ2v) is 9.25. The van der Waals surface area contributed by atoms with Gasteiger partial charge in [0.05, 0.1) is 16.6 Å². The predicted octanol–water partition coefficient (Wildman–Crippen LogP) is 7.96. The van der Waals surface area contributed by atoms with Crippen LogP contribution in [0.1, 0.15) is 21.7 Å². The fourth-order valence-electron chi connectivity index (χ4n) is 3.70. The number of rotatable bonds is 4. The van der Waals surface area contributed by atoms with Crippen LogP contribution in [-0.2, 0) is 0 Å². The SMILES string of the molecule is Cc1ccc(-c2cc(C(=O)Nc3scc(-c4ccc(Cl)cc4Cl)c3C#N)c3ccccc3n2)o1. The third-order valence-electron chi connectivity index (χ3n) is 5.30. The topological polar surface area (TPSA) is 78.9 Å². The van der Waals surface area contributed by atoms with Gasteiger partial charge in [0.1, 0.15) is 22.5 Å². The van der Waals surface area contributed by atoms with Gasteiger partial charge in [-0.2, -0.15) is 5.26 Å². The lowest BCUT2D eigenvalue weighted by molar-refractivity contribution is 0.102. The predicted molar refractivity (Wildman–Crippen MR) is 137 cm³/mol. The molecule has 0 spiro atoms. The molecule has 8 heteroatoms. The van der Waals surface area contributed by atoms with Gasteiger partial charge in [0.25, 0.3) is 5.91 Å². The van der Waals surface area contributed by atoms with E-state index in [1.807, 2.05) is 43.3 Å². The van der Waals surface area contributed by atoms with E-state index in [1.54, 1.807) is 29.6 Å². The van der Waals surface area contributed by atoms with E-state index in [2.05, 4.69) is 16.4 Å². The summed E-state index contributed by atoms with van der Waals surface area (Å²) in [4.78, 5) is 18.1. The summed E-state index contributed by atoms with van der Waals surface area (Å²) in [5.41, 5.74) is 3.29. The number of amides is 1. The lowest BCUT2D eigenvalue weighted by Gasteiger charge is -2.09. The van der Waals surface area contributed by atoms with Crippen molar-refractivity contribution in [2.24, 2.45) is 0 Å². The van der Waals surface area contributed by atoms with Crippen LogP contribution in [0.3, 0.4) is 0 Å². The minimum absolute atomic E-state index is 0.336. The van der Waals surface area contributed by atoms with Crippen LogP contribution in [0.15, 0.2) is 70.5 Å². The molecule has 3 heterocycles. The summed E-state index contributed by atoms with van der Waals surface area (Å²) in [7, 11) is 0. The minimum Gasteiger partial charge on any atom is -0.460 e. The first-order chi connectivity index (χ1) is 16.4. The number of nitrogens with one attached hydrogen (secondary N) is 1. The van der Waals surface area contributed by atoms with Gasteiger partial charge in [-0.05, 0) is 43.3 Å². The lowest BCUT2D eigenvalue weighted by Crippen LogP contribution is -2.13. The average Bonchev–Trinajstić information content (AvgIpc) is 3.44. The van der Waals surface area contributed by atoms with Gasteiger partial charge in [0, 0.05) is 31.9 Å². The number of carbonyl (C=O) groups excluding carboxylic acids is 1. The van der Waals surface area contributed by atoms with E-state index in [0.29, 0.717) is 59.7 Å². The maximum Gasteiger partial charge on any atom is 0.257 e. The molecular weight excluding hydrogens is 489 g/mol. The zero-order chi connectivity index (χ0) is 23.8. The van der Waals surface area contributed by atoms with Gasteiger partial charge in [-0.15, -0.1) is 11.3 Å². The highest BCUT2D eigenvalue weighted by molar-refractivity contribution is 7.15. The van der Waals surface area contributed by atoms with Crippen molar-refractivity contribution < 1.29 is 9.21 Å². The monoisotopic (exact) mass is 503 g/mol. The van der Waals surface area contributed by atoms with Gasteiger partial charge < -0.3 is 9.73 Å². The molecule has 0 aliphatic heterocycles. The van der Waals surface area contributed by atoms with Crippen LogP contribution < -0.4 is 5.32 Å². The van der Waals surface area contributed by atoms with Gasteiger partial charge in [-0.1, -0.05) is 47.5 Å². The van der Waals surface area contributed by atoms with Crippen LogP contribution in [0, 0.1) is 18.3 Å². The molecule has 5 aromatic rings. The van der Waals surface area contributed by atoms with Crippen molar-refractivity contribution in [3.8, 4) is 28.7 Å². The number of thiophene rings is 1. The van der Waals surface area contributed by atoms with Crippen molar-refractivity contribution in [2.45, 2.75) is 6.92 Å². The van der Waals surface area contributed by atoms with E-state index in [0.717, 1.165) is 5.76 Å². The molecule has 0 aliphatic rings. The van der Waals surface area contributed by atoms with Crippen molar-refractivity contribution in [3.05, 3.63) is 93.0 Å². The Morgan fingerprint density at radius 2 is 1.91 bits per heavy atom. The number of aromatic nitrogens is 1. The largest absolute Gasteiger partial charge is 0.460 e. The molecule has 0 bridgehead atoms. The number of halogens is 2. The van der Waals surface area contributed by atoms with Gasteiger partial charge in [0.2, 0.25) is 0 Å². The first-order valence-corrected chi connectivity index (χ1v) is 11.8. The van der Waals surface area contributed by atoms with Crippen LogP contribution in [0.2, 0.25) is 10.0 Å². The number of aryl methyl sites for hydroxylation is 1. The number of benzene rings is 2. The number of nitrogens with zero attached hydrogens (tertiary/aromatic N) is 2. The van der Waals surface area contributed by atoms with Crippen LogP contribution in [-0.4, -0.2) is 10.9 Å². The highest BCUT2D eigenvalue weighted by Crippen LogP contribution is 2.39. The Kier molecular flexibility index (Phi) is 5.84. The molecule has 34 heavy (non-hydrogen) atoms. The molecule has 2 aromatic carbocycles. The molecule has 5 nitrogen and oxygen atoms in total. The third kappa shape index (κ3) is 4.06. The number of nitriles is 1. The number of carbonyl (C=O) groups is 1. The Morgan fingerprint density at radius 3 is 2.65 bits per heavy atom. The van der Waals surface area contributed by atoms with Crippen molar-refractivity contribution in [2.75, 3.05) is 5.32 Å². The summed E-state index contributed by atoms with van der Waals surface area (Å²) < 4.78 is 5.72. The third-order valence-corrected chi connectivity index (χ3v) is 6.75. The zero-order valence-electron chi connectivity index (χ0n) is 17.7. The van der Waals surface area contributed by atoms with Crippen molar-refractivity contribution >= 4 is 56.3 Å². The molecule has 5 rings (SSSR count). The molecular formula is C26H15Cl2N3O2S. The van der Waals surface area contributed by atoms with E-state index >= 15 is 0 Å². The number of pyridine rings is 1. The van der Waals surface area contributed by atoms with Crippen LogP contribution >= 0.6 is 34.5 Å². The van der Waals surface area contributed by atoms with Gasteiger partial charge in [0.15, 0.2) is 5.76 Å². The van der Waals surface area contributed by atoms with Gasteiger partial charge in [-0.25, -0.2) is 4.98 Å². The molecule has 1 amide bonds. The number of hydrogen-bond donors (Lipinski definition) is 1. The van der Waals surface area contributed by atoms with E-state index in [-0.39, 0.29) is 5.91 Å². The van der Waals surface area contributed by atoms with Crippen molar-refractivity contribution in [1.82, 2.24) is 4.98 Å². The van der Waals surface area contributed by atoms with E-state index in [9.17, 15) is 10.1 Å². The quantitative estimate of drug-likeness (QED) is 0.269. The Hall–Kier alpha value is -3.63. The molecule has 0 atom stereocenters. The zero-order valence-corrected chi connectivity index (χ0v) is 20.1. The first-order valence-electron chi connectivity index (χ1n) is 10.2. The molecule has 0 aliphatic carbocycles. The Bertz CT molecular complexity index is 1610. The number of para-hydroxylation sites is 1. The van der Waals surface area contributed by atoms with E-state index < -0.39 is 0 Å². The normalized spacial score (nSPS) is 10.9. The summed E-state index contributed by atoms with van der Waals surface area (Å²) in [5, 5.41) is 16.6. The van der Waals surface area contributed by atoms with E-state index in [1.165, 1.54) is 11.3 Å². The van der Waals surface area contributed by atoms with Crippen molar-refractivity contribution in [1.29, 1.82) is 5.26 Å². The summed E-state index contributed by atoms with van der Waals surface area (Å²) in [5.74, 6) is 0.975. The highest BCUT2D eigenvalue weighted by atomic mass is 35.5. The van der Waals surface area contributed by atoms with Crippen LogP contribution in [0.25, 0.3) is 33.5 Å². The lowest BCUT2D eigenvalue weighted by atomic mass is 10.0. The standard InChI is InChI=1S/C26H15Cl2N3O2S/c1-14-6-9-24(33-14)23-11-18(17-4-2-3-5-22(17)30-23)25(32)31-26-19(12-29)20(13-34-26)16-8-7-15(27)10-21(16)28/h2-11,13H,1H3,(H,31,32). The molecule has 3 aromatic heterocycles. The Balaban J connectivity index is 1.56. The smallest absolute Gasteiger partial charge is 0.257 e. The van der Waals surface area contributed by atoms with Crippen LogP contribution in [0.5, 0.6) is 0 Å². The Morgan fingerprint density at radius 1 is 1.09 bits per heavy atom. The second kappa shape index (κ2) is 8.96.